The third-order valence-electron chi connectivity index (χ3n) is 2.67. The van der Waals surface area contributed by atoms with Crippen LogP contribution in [0.15, 0.2) is 18.2 Å². The van der Waals surface area contributed by atoms with Gasteiger partial charge in [0.05, 0.1) is 14.2 Å². The van der Waals surface area contributed by atoms with Gasteiger partial charge >= 0.3 is 0 Å². The van der Waals surface area contributed by atoms with E-state index < -0.39 is 11.7 Å². The van der Waals surface area contributed by atoms with E-state index in [1.54, 1.807) is 25.3 Å². The Morgan fingerprint density at radius 3 is 2.41 bits per heavy atom. The van der Waals surface area contributed by atoms with Crippen molar-refractivity contribution in [1.82, 2.24) is 0 Å². The Morgan fingerprint density at radius 2 is 1.94 bits per heavy atom. The highest BCUT2D eigenvalue weighted by Gasteiger charge is 2.60. The number of methoxy groups -OCH3 is 2. The normalized spacial score (nSPS) is 19.9. The Labute approximate surface area is 98.7 Å². The lowest BCUT2D eigenvalue weighted by Crippen LogP contribution is -2.05. The maximum Gasteiger partial charge on any atom is 0.272 e. The molecular formula is C12H10N2O3. The Morgan fingerprint density at radius 1 is 1.24 bits per heavy atom. The lowest BCUT2D eigenvalue weighted by molar-refractivity contribution is 0.356. The molecule has 1 aromatic rings. The average Bonchev–Trinajstić information content (AvgIpc) is 3.13. The van der Waals surface area contributed by atoms with Crippen LogP contribution in [0, 0.1) is 22.7 Å². The van der Waals surface area contributed by atoms with Crippen molar-refractivity contribution in [2.24, 2.45) is 0 Å². The Bertz CT molecular complexity index is 514. The van der Waals surface area contributed by atoms with Gasteiger partial charge in [0.1, 0.15) is 29.7 Å². The molecule has 1 aliphatic rings. The number of epoxide rings is 1. The number of hydrogen-bond donors (Lipinski definition) is 0. The van der Waals surface area contributed by atoms with E-state index in [9.17, 15) is 0 Å². The van der Waals surface area contributed by atoms with Gasteiger partial charge in [-0.3, -0.25) is 0 Å². The van der Waals surface area contributed by atoms with E-state index in [0.717, 1.165) is 0 Å². The molecule has 0 aliphatic carbocycles. The number of rotatable bonds is 3. The van der Waals surface area contributed by atoms with Crippen molar-refractivity contribution in [2.45, 2.75) is 11.7 Å². The summed E-state index contributed by atoms with van der Waals surface area (Å²) >= 11 is 0. The van der Waals surface area contributed by atoms with Gasteiger partial charge in [-0.15, -0.1) is 0 Å². The van der Waals surface area contributed by atoms with E-state index in [4.69, 9.17) is 24.7 Å². The molecule has 1 fully saturated rings. The number of nitrogens with zero attached hydrogens (tertiary/aromatic N) is 2. The van der Waals surface area contributed by atoms with Gasteiger partial charge in [-0.25, -0.2) is 0 Å². The van der Waals surface area contributed by atoms with E-state index in [1.165, 1.54) is 7.11 Å². The summed E-state index contributed by atoms with van der Waals surface area (Å²) in [6, 6.07) is 8.89. The van der Waals surface area contributed by atoms with Crippen LogP contribution in [0.25, 0.3) is 0 Å². The molecule has 0 saturated carbocycles. The second kappa shape index (κ2) is 3.97. The molecule has 1 heterocycles. The molecule has 1 saturated heterocycles. The molecule has 0 spiro atoms. The monoisotopic (exact) mass is 230 g/mol. The molecule has 1 atom stereocenters. The topological polar surface area (TPSA) is 78.6 Å². The first-order valence-electron chi connectivity index (χ1n) is 4.93. The van der Waals surface area contributed by atoms with Crippen molar-refractivity contribution in [3.05, 3.63) is 23.8 Å². The molecular weight excluding hydrogens is 220 g/mol. The third-order valence-corrected chi connectivity index (χ3v) is 2.67. The van der Waals surface area contributed by atoms with Gasteiger partial charge in [0.25, 0.3) is 5.60 Å². The number of hydrogen-bond acceptors (Lipinski definition) is 5. The standard InChI is InChI=1S/C12H10N2O3/c1-15-8-3-4-10(16-2)9(5-8)11-12(6-13,7-14)17-11/h3-5,11H,1-2H3. The van der Waals surface area contributed by atoms with Crippen molar-refractivity contribution in [3.63, 3.8) is 0 Å². The zero-order valence-electron chi connectivity index (χ0n) is 9.43. The smallest absolute Gasteiger partial charge is 0.272 e. The molecule has 0 bridgehead atoms. The molecule has 0 radical (unpaired) electrons. The minimum Gasteiger partial charge on any atom is -0.497 e. The zero-order valence-corrected chi connectivity index (χ0v) is 9.43. The molecule has 17 heavy (non-hydrogen) atoms. The predicted octanol–water partition coefficient (Wildman–Crippen LogP) is 1.56. The zero-order chi connectivity index (χ0) is 12.5. The predicted molar refractivity (Wildman–Crippen MR) is 57.3 cm³/mol. The average molecular weight is 230 g/mol. The molecule has 5 nitrogen and oxygen atoms in total. The van der Waals surface area contributed by atoms with Crippen LogP contribution >= 0.6 is 0 Å². The molecule has 1 unspecified atom stereocenters. The molecule has 0 N–H and O–H groups in total. The molecule has 1 aliphatic heterocycles. The SMILES string of the molecule is COc1ccc(OC)c(C2OC2(C#N)C#N)c1. The van der Waals surface area contributed by atoms with Gasteiger partial charge in [0, 0.05) is 5.56 Å². The van der Waals surface area contributed by atoms with Crippen molar-refractivity contribution >= 4 is 0 Å². The number of ether oxygens (including phenoxy) is 3. The van der Waals surface area contributed by atoms with Crippen LogP contribution in [0.1, 0.15) is 11.7 Å². The summed E-state index contributed by atoms with van der Waals surface area (Å²) in [5, 5.41) is 17.8. The van der Waals surface area contributed by atoms with Crippen LogP contribution in [-0.4, -0.2) is 19.8 Å². The summed E-state index contributed by atoms with van der Waals surface area (Å²) in [5.74, 6) is 1.20. The summed E-state index contributed by atoms with van der Waals surface area (Å²) in [7, 11) is 3.06. The molecule has 86 valence electrons. The fourth-order valence-electron chi connectivity index (χ4n) is 1.67. The van der Waals surface area contributed by atoms with Crippen LogP contribution in [0.4, 0.5) is 0 Å². The summed E-state index contributed by atoms with van der Waals surface area (Å²) in [6.45, 7) is 0. The number of benzene rings is 1. The van der Waals surface area contributed by atoms with Gasteiger partial charge in [-0.1, -0.05) is 0 Å². The highest BCUT2D eigenvalue weighted by Crippen LogP contribution is 2.52. The fourth-order valence-corrected chi connectivity index (χ4v) is 1.67. The van der Waals surface area contributed by atoms with E-state index in [2.05, 4.69) is 0 Å². The summed E-state index contributed by atoms with van der Waals surface area (Å²) in [5.41, 5.74) is -0.741. The van der Waals surface area contributed by atoms with Crippen molar-refractivity contribution in [3.8, 4) is 23.6 Å². The van der Waals surface area contributed by atoms with Crippen molar-refractivity contribution in [1.29, 1.82) is 10.5 Å². The first kappa shape index (κ1) is 11.3. The van der Waals surface area contributed by atoms with Crippen LogP contribution < -0.4 is 9.47 Å². The lowest BCUT2D eigenvalue weighted by atomic mass is 10.0. The highest BCUT2D eigenvalue weighted by molar-refractivity contribution is 5.49. The van der Waals surface area contributed by atoms with Gasteiger partial charge in [0.15, 0.2) is 0 Å². The maximum absolute atomic E-state index is 8.91. The van der Waals surface area contributed by atoms with Crippen molar-refractivity contribution < 1.29 is 14.2 Å². The maximum atomic E-state index is 8.91. The quantitative estimate of drug-likeness (QED) is 0.736. The summed E-state index contributed by atoms with van der Waals surface area (Å²) < 4.78 is 15.4. The van der Waals surface area contributed by atoms with E-state index >= 15 is 0 Å². The molecule has 0 aromatic heterocycles. The van der Waals surface area contributed by atoms with Crippen LogP contribution in [0.5, 0.6) is 11.5 Å². The van der Waals surface area contributed by atoms with Crippen molar-refractivity contribution in [2.75, 3.05) is 14.2 Å². The number of nitriles is 2. The Kier molecular flexibility index (Phi) is 2.63. The second-order valence-corrected chi connectivity index (χ2v) is 3.57. The second-order valence-electron chi connectivity index (χ2n) is 3.57. The highest BCUT2D eigenvalue weighted by atomic mass is 16.6. The van der Waals surface area contributed by atoms with E-state index in [0.29, 0.717) is 17.1 Å². The Hall–Kier alpha value is -2.24. The van der Waals surface area contributed by atoms with Crippen LogP contribution in [0.2, 0.25) is 0 Å². The van der Waals surface area contributed by atoms with Gasteiger partial charge in [0.2, 0.25) is 0 Å². The third kappa shape index (κ3) is 1.67. The van der Waals surface area contributed by atoms with E-state index in [-0.39, 0.29) is 0 Å². The van der Waals surface area contributed by atoms with Crippen LogP contribution in [0.3, 0.4) is 0 Å². The largest absolute Gasteiger partial charge is 0.497 e. The van der Waals surface area contributed by atoms with E-state index in [1.807, 2.05) is 12.1 Å². The summed E-state index contributed by atoms with van der Waals surface area (Å²) in [4.78, 5) is 0. The first-order chi connectivity index (χ1) is 8.20. The van der Waals surface area contributed by atoms with Gasteiger partial charge < -0.3 is 14.2 Å². The first-order valence-corrected chi connectivity index (χ1v) is 4.93. The minimum atomic E-state index is -1.39. The lowest BCUT2D eigenvalue weighted by Gasteiger charge is -2.08. The molecule has 2 rings (SSSR count). The fraction of sp³-hybridized carbons (Fsp3) is 0.333. The molecule has 5 heteroatoms. The van der Waals surface area contributed by atoms with Crippen LogP contribution in [-0.2, 0) is 4.74 Å². The Balaban J connectivity index is 2.40. The molecule has 0 amide bonds. The summed E-state index contributed by atoms with van der Waals surface area (Å²) in [6.07, 6.45) is -0.581. The minimum absolute atomic E-state index is 0.572. The van der Waals surface area contributed by atoms with Gasteiger partial charge in [-0.2, -0.15) is 10.5 Å². The molecule has 1 aromatic carbocycles. The van der Waals surface area contributed by atoms with Gasteiger partial charge in [-0.05, 0) is 18.2 Å².